The Morgan fingerprint density at radius 1 is 1.15 bits per heavy atom. The third kappa shape index (κ3) is 3.18. The summed E-state index contributed by atoms with van der Waals surface area (Å²) in [6, 6.07) is 13.1. The molecule has 26 heavy (non-hydrogen) atoms. The van der Waals surface area contributed by atoms with Gasteiger partial charge in [0.25, 0.3) is 5.91 Å². The van der Waals surface area contributed by atoms with Crippen LogP contribution in [-0.4, -0.2) is 25.7 Å². The van der Waals surface area contributed by atoms with Gasteiger partial charge in [-0.15, -0.1) is 21.5 Å². The quantitative estimate of drug-likeness (QED) is 0.582. The number of nitrogens with one attached hydrogen (secondary N) is 1. The van der Waals surface area contributed by atoms with Crippen LogP contribution in [0.2, 0.25) is 5.02 Å². The highest BCUT2D eigenvalue weighted by molar-refractivity contribution is 7.12. The molecule has 0 spiro atoms. The van der Waals surface area contributed by atoms with Gasteiger partial charge in [0.05, 0.1) is 17.1 Å². The number of carbonyl (C=O) groups is 1. The molecular weight excluding hydrogens is 370 g/mol. The lowest BCUT2D eigenvalue weighted by molar-refractivity contribution is 0.0953. The molecule has 0 aliphatic rings. The van der Waals surface area contributed by atoms with E-state index in [-0.39, 0.29) is 12.5 Å². The fraction of sp³-hybridized carbons (Fsp3) is 0.111. The molecule has 0 saturated carbocycles. The SMILES string of the molecule is Cc1ccsc1C(=O)NCc1nnc2ccc(-c3ccc(Cl)cc3)nn12. The fourth-order valence-corrected chi connectivity index (χ4v) is 3.53. The second-order valence-corrected chi connectivity index (χ2v) is 7.08. The third-order valence-corrected chi connectivity index (χ3v) is 5.21. The number of rotatable bonds is 4. The molecule has 0 saturated heterocycles. The molecule has 130 valence electrons. The van der Waals surface area contributed by atoms with Crippen molar-refractivity contribution >= 4 is 34.5 Å². The van der Waals surface area contributed by atoms with Crippen LogP contribution in [0.5, 0.6) is 0 Å². The zero-order chi connectivity index (χ0) is 18.1. The van der Waals surface area contributed by atoms with Crippen molar-refractivity contribution in [2.75, 3.05) is 0 Å². The first-order valence-corrected chi connectivity index (χ1v) is 9.17. The number of fused-ring (bicyclic) bond motifs is 1. The van der Waals surface area contributed by atoms with Crippen LogP contribution in [0.1, 0.15) is 21.1 Å². The molecule has 6 nitrogen and oxygen atoms in total. The summed E-state index contributed by atoms with van der Waals surface area (Å²) in [4.78, 5) is 13.0. The Bertz CT molecular complexity index is 1090. The predicted octanol–water partition coefficient (Wildman–Crippen LogP) is 3.74. The van der Waals surface area contributed by atoms with E-state index in [1.807, 2.05) is 54.8 Å². The molecule has 8 heteroatoms. The van der Waals surface area contributed by atoms with Crippen LogP contribution in [-0.2, 0) is 6.54 Å². The monoisotopic (exact) mass is 383 g/mol. The highest BCUT2D eigenvalue weighted by Gasteiger charge is 2.13. The zero-order valence-electron chi connectivity index (χ0n) is 13.8. The van der Waals surface area contributed by atoms with E-state index in [0.29, 0.717) is 21.4 Å². The number of thiophene rings is 1. The maximum Gasteiger partial charge on any atom is 0.261 e. The molecule has 4 aromatic rings. The van der Waals surface area contributed by atoms with Gasteiger partial charge in [0, 0.05) is 10.6 Å². The van der Waals surface area contributed by atoms with Gasteiger partial charge in [0.2, 0.25) is 0 Å². The topological polar surface area (TPSA) is 72.2 Å². The van der Waals surface area contributed by atoms with E-state index in [4.69, 9.17) is 11.6 Å². The maximum absolute atomic E-state index is 12.3. The van der Waals surface area contributed by atoms with E-state index in [2.05, 4.69) is 20.6 Å². The summed E-state index contributed by atoms with van der Waals surface area (Å²) < 4.78 is 1.64. The molecule has 1 amide bonds. The van der Waals surface area contributed by atoms with Crippen molar-refractivity contribution in [3.8, 4) is 11.3 Å². The first-order chi connectivity index (χ1) is 12.6. The third-order valence-electron chi connectivity index (χ3n) is 3.94. The van der Waals surface area contributed by atoms with Crippen molar-refractivity contribution < 1.29 is 4.79 Å². The Morgan fingerprint density at radius 2 is 1.96 bits per heavy atom. The largest absolute Gasteiger partial charge is 0.344 e. The van der Waals surface area contributed by atoms with Crippen LogP contribution in [0.25, 0.3) is 16.9 Å². The van der Waals surface area contributed by atoms with E-state index in [9.17, 15) is 4.79 Å². The number of halogens is 1. The molecule has 4 rings (SSSR count). The average Bonchev–Trinajstić information content (AvgIpc) is 3.26. The molecule has 1 aromatic carbocycles. The van der Waals surface area contributed by atoms with Gasteiger partial charge in [0.1, 0.15) is 0 Å². The van der Waals surface area contributed by atoms with Crippen molar-refractivity contribution in [2.24, 2.45) is 0 Å². The Balaban J connectivity index is 1.59. The van der Waals surface area contributed by atoms with Crippen LogP contribution in [0.15, 0.2) is 47.8 Å². The molecule has 3 heterocycles. The van der Waals surface area contributed by atoms with Crippen molar-refractivity contribution in [3.63, 3.8) is 0 Å². The van der Waals surface area contributed by atoms with Gasteiger partial charge in [-0.3, -0.25) is 4.79 Å². The maximum atomic E-state index is 12.3. The lowest BCUT2D eigenvalue weighted by Crippen LogP contribution is -2.24. The average molecular weight is 384 g/mol. The smallest absolute Gasteiger partial charge is 0.261 e. The van der Waals surface area contributed by atoms with E-state index in [0.717, 1.165) is 16.8 Å². The van der Waals surface area contributed by atoms with Crippen LogP contribution in [0.3, 0.4) is 0 Å². The number of aryl methyl sites for hydroxylation is 1. The lowest BCUT2D eigenvalue weighted by atomic mass is 10.1. The van der Waals surface area contributed by atoms with Gasteiger partial charge in [0.15, 0.2) is 11.5 Å². The van der Waals surface area contributed by atoms with Crippen LogP contribution in [0.4, 0.5) is 0 Å². The second kappa shape index (κ2) is 6.86. The van der Waals surface area contributed by atoms with Gasteiger partial charge >= 0.3 is 0 Å². The molecule has 0 fully saturated rings. The minimum Gasteiger partial charge on any atom is -0.344 e. The van der Waals surface area contributed by atoms with Crippen molar-refractivity contribution in [3.05, 3.63) is 69.1 Å². The van der Waals surface area contributed by atoms with Crippen LogP contribution < -0.4 is 5.32 Å². The lowest BCUT2D eigenvalue weighted by Gasteiger charge is -2.05. The van der Waals surface area contributed by atoms with Gasteiger partial charge in [-0.05, 0) is 48.2 Å². The zero-order valence-corrected chi connectivity index (χ0v) is 15.4. The number of nitrogens with zero attached hydrogens (tertiary/aromatic N) is 4. The molecule has 0 unspecified atom stereocenters. The van der Waals surface area contributed by atoms with Gasteiger partial charge in [-0.2, -0.15) is 9.61 Å². The highest BCUT2D eigenvalue weighted by atomic mass is 35.5. The number of benzene rings is 1. The molecule has 0 aliphatic heterocycles. The van der Waals surface area contributed by atoms with Crippen molar-refractivity contribution in [2.45, 2.75) is 13.5 Å². The Hall–Kier alpha value is -2.77. The number of hydrogen-bond donors (Lipinski definition) is 1. The normalized spacial score (nSPS) is 11.0. The summed E-state index contributed by atoms with van der Waals surface area (Å²) in [5, 5.41) is 18.3. The van der Waals surface area contributed by atoms with Gasteiger partial charge < -0.3 is 5.32 Å². The minimum absolute atomic E-state index is 0.122. The summed E-state index contributed by atoms with van der Waals surface area (Å²) in [6.45, 7) is 2.16. The van der Waals surface area contributed by atoms with Gasteiger partial charge in [-0.1, -0.05) is 23.7 Å². The molecule has 1 N–H and O–H groups in total. The molecule has 0 aliphatic carbocycles. The molecule has 0 bridgehead atoms. The Morgan fingerprint density at radius 3 is 2.69 bits per heavy atom. The molecular formula is C18H14ClN5OS. The number of amides is 1. The summed E-state index contributed by atoms with van der Waals surface area (Å²) in [5.41, 5.74) is 3.30. The number of carbonyl (C=O) groups excluding carboxylic acids is 1. The summed E-state index contributed by atoms with van der Waals surface area (Å²) in [5.74, 6) is 0.446. The number of hydrogen-bond acceptors (Lipinski definition) is 5. The van der Waals surface area contributed by atoms with E-state index < -0.39 is 0 Å². The standard InChI is InChI=1S/C18H14ClN5OS/c1-11-8-9-26-17(11)18(25)20-10-16-22-21-15-7-6-14(23-24(15)16)12-2-4-13(19)5-3-12/h2-9H,10H2,1H3,(H,20,25). The fourth-order valence-electron chi connectivity index (χ4n) is 2.56. The van der Waals surface area contributed by atoms with Crippen molar-refractivity contribution in [1.82, 2.24) is 25.1 Å². The first-order valence-electron chi connectivity index (χ1n) is 7.91. The summed E-state index contributed by atoms with van der Waals surface area (Å²) >= 11 is 7.36. The summed E-state index contributed by atoms with van der Waals surface area (Å²) in [7, 11) is 0. The van der Waals surface area contributed by atoms with Gasteiger partial charge in [-0.25, -0.2) is 0 Å². The molecule has 0 radical (unpaired) electrons. The highest BCUT2D eigenvalue weighted by Crippen LogP contribution is 2.20. The van der Waals surface area contributed by atoms with Crippen LogP contribution in [0, 0.1) is 6.92 Å². The minimum atomic E-state index is -0.122. The Kier molecular flexibility index (Phi) is 4.40. The van der Waals surface area contributed by atoms with E-state index >= 15 is 0 Å². The predicted molar refractivity (Wildman–Crippen MR) is 101 cm³/mol. The summed E-state index contributed by atoms with van der Waals surface area (Å²) in [6.07, 6.45) is 0. The van der Waals surface area contributed by atoms with E-state index in [1.54, 1.807) is 4.52 Å². The molecule has 3 aromatic heterocycles. The van der Waals surface area contributed by atoms with Crippen molar-refractivity contribution in [1.29, 1.82) is 0 Å². The second-order valence-electron chi connectivity index (χ2n) is 5.73. The number of aromatic nitrogens is 4. The van der Waals surface area contributed by atoms with E-state index in [1.165, 1.54) is 11.3 Å². The first kappa shape index (κ1) is 16.7. The molecule has 0 atom stereocenters. The van der Waals surface area contributed by atoms with Crippen LogP contribution >= 0.6 is 22.9 Å². The Labute approximate surface area is 158 Å².